The van der Waals surface area contributed by atoms with Crippen LogP contribution in [0.3, 0.4) is 0 Å². The van der Waals surface area contributed by atoms with Gasteiger partial charge in [0.05, 0.1) is 0 Å². The van der Waals surface area contributed by atoms with E-state index in [0.29, 0.717) is 6.61 Å². The molecule has 0 spiro atoms. The van der Waals surface area contributed by atoms with Gasteiger partial charge in [0, 0.05) is 38.4 Å². The van der Waals surface area contributed by atoms with E-state index in [1.54, 1.807) is 0 Å². The van der Waals surface area contributed by atoms with Gasteiger partial charge in [-0.05, 0) is 12.1 Å². The van der Waals surface area contributed by atoms with Crippen LogP contribution in [0.15, 0.2) is 30.3 Å². The van der Waals surface area contributed by atoms with Crippen molar-refractivity contribution in [2.45, 2.75) is 0 Å². The number of carbonyl (C=O) groups is 1. The van der Waals surface area contributed by atoms with Crippen LogP contribution < -0.4 is 10.6 Å². The molecule has 1 aromatic rings. The molecule has 2 rings (SSSR count). The topological polar surface area (TPSA) is 58.8 Å². The zero-order valence-electron chi connectivity index (χ0n) is 10.4. The molecule has 0 radical (unpaired) electrons. The highest BCUT2D eigenvalue weighted by molar-refractivity contribution is 5.64. The molecule has 98 valence electrons. The van der Waals surface area contributed by atoms with Crippen LogP contribution in [-0.2, 0) is 4.74 Å². The van der Waals surface area contributed by atoms with Crippen LogP contribution in [0.2, 0.25) is 0 Å². The molecule has 0 unspecified atom stereocenters. The Morgan fingerprint density at radius 3 is 2.44 bits per heavy atom. The first-order valence-electron chi connectivity index (χ1n) is 6.20. The minimum absolute atomic E-state index is 0.376. The number of rotatable bonds is 4. The van der Waals surface area contributed by atoms with Crippen LogP contribution in [0.1, 0.15) is 0 Å². The number of ether oxygens (including phenoxy) is 1. The number of amides is 1. The van der Waals surface area contributed by atoms with E-state index in [9.17, 15) is 4.79 Å². The minimum atomic E-state index is -0.696. The van der Waals surface area contributed by atoms with Gasteiger partial charge in [0.25, 0.3) is 0 Å². The van der Waals surface area contributed by atoms with Gasteiger partial charge in [-0.2, -0.15) is 0 Å². The second kappa shape index (κ2) is 6.26. The lowest BCUT2D eigenvalue weighted by atomic mass is 10.2. The lowest BCUT2D eigenvalue weighted by Crippen LogP contribution is -2.47. The van der Waals surface area contributed by atoms with E-state index < -0.39 is 6.09 Å². The van der Waals surface area contributed by atoms with Gasteiger partial charge in [0.2, 0.25) is 0 Å². The van der Waals surface area contributed by atoms with Gasteiger partial charge in [-0.1, -0.05) is 18.2 Å². The number of benzene rings is 1. The number of piperazine rings is 1. The van der Waals surface area contributed by atoms with Gasteiger partial charge >= 0.3 is 6.09 Å². The van der Waals surface area contributed by atoms with Crippen molar-refractivity contribution in [1.29, 1.82) is 0 Å². The quantitative estimate of drug-likeness (QED) is 0.861. The zero-order chi connectivity index (χ0) is 12.8. The molecule has 1 saturated heterocycles. The first kappa shape index (κ1) is 12.7. The zero-order valence-corrected chi connectivity index (χ0v) is 10.4. The smallest absolute Gasteiger partial charge is 0.404 e. The molecule has 1 heterocycles. The van der Waals surface area contributed by atoms with E-state index in [2.05, 4.69) is 34.1 Å². The van der Waals surface area contributed by atoms with E-state index in [4.69, 9.17) is 10.5 Å². The minimum Gasteiger partial charge on any atom is -0.448 e. The molecular formula is C13H19N3O2. The average Bonchev–Trinajstić information content (AvgIpc) is 2.40. The Kier molecular flexibility index (Phi) is 4.41. The van der Waals surface area contributed by atoms with E-state index >= 15 is 0 Å². The highest BCUT2D eigenvalue weighted by Gasteiger charge is 2.16. The summed E-state index contributed by atoms with van der Waals surface area (Å²) in [5.41, 5.74) is 6.19. The van der Waals surface area contributed by atoms with Crippen LogP contribution in [0, 0.1) is 0 Å². The Labute approximate surface area is 107 Å². The summed E-state index contributed by atoms with van der Waals surface area (Å²) in [6.07, 6.45) is -0.696. The molecule has 0 atom stereocenters. The molecule has 2 N–H and O–H groups in total. The molecule has 5 nitrogen and oxygen atoms in total. The molecule has 1 amide bonds. The average molecular weight is 249 g/mol. The maximum atomic E-state index is 10.5. The summed E-state index contributed by atoms with van der Waals surface area (Å²) < 4.78 is 4.74. The van der Waals surface area contributed by atoms with Gasteiger partial charge in [-0.15, -0.1) is 0 Å². The normalized spacial score (nSPS) is 16.6. The van der Waals surface area contributed by atoms with Crippen LogP contribution in [0.25, 0.3) is 0 Å². The van der Waals surface area contributed by atoms with Crippen molar-refractivity contribution in [1.82, 2.24) is 4.90 Å². The molecule has 1 aliphatic rings. The number of hydrogen-bond acceptors (Lipinski definition) is 4. The molecule has 1 aliphatic heterocycles. The molecule has 0 bridgehead atoms. The van der Waals surface area contributed by atoms with E-state index in [1.807, 2.05) is 6.07 Å². The molecule has 0 saturated carbocycles. The largest absolute Gasteiger partial charge is 0.448 e. The number of carbonyl (C=O) groups excluding carboxylic acids is 1. The summed E-state index contributed by atoms with van der Waals surface area (Å²) >= 11 is 0. The Morgan fingerprint density at radius 1 is 1.17 bits per heavy atom. The van der Waals surface area contributed by atoms with Crippen molar-refractivity contribution in [2.75, 3.05) is 44.2 Å². The molecule has 1 aromatic carbocycles. The van der Waals surface area contributed by atoms with Crippen LogP contribution in [0.5, 0.6) is 0 Å². The van der Waals surface area contributed by atoms with Crippen molar-refractivity contribution in [3.8, 4) is 0 Å². The van der Waals surface area contributed by atoms with Crippen molar-refractivity contribution in [3.05, 3.63) is 30.3 Å². The molecule has 18 heavy (non-hydrogen) atoms. The van der Waals surface area contributed by atoms with Crippen molar-refractivity contribution < 1.29 is 9.53 Å². The Morgan fingerprint density at radius 2 is 1.83 bits per heavy atom. The predicted molar refractivity (Wildman–Crippen MR) is 70.6 cm³/mol. The number of primary amides is 1. The summed E-state index contributed by atoms with van der Waals surface area (Å²) in [5.74, 6) is 0. The summed E-state index contributed by atoms with van der Waals surface area (Å²) in [5, 5.41) is 0. The van der Waals surface area contributed by atoms with Gasteiger partial charge in [-0.25, -0.2) is 4.79 Å². The molecular weight excluding hydrogens is 230 g/mol. The van der Waals surface area contributed by atoms with E-state index in [0.717, 1.165) is 32.7 Å². The lowest BCUT2D eigenvalue weighted by Gasteiger charge is -2.35. The third-order valence-corrected chi connectivity index (χ3v) is 3.15. The van der Waals surface area contributed by atoms with Gasteiger partial charge in [0.1, 0.15) is 6.61 Å². The van der Waals surface area contributed by atoms with E-state index in [1.165, 1.54) is 5.69 Å². The fourth-order valence-electron chi connectivity index (χ4n) is 2.14. The summed E-state index contributed by atoms with van der Waals surface area (Å²) in [6.45, 7) is 5.10. The Bertz CT molecular complexity index is 375. The van der Waals surface area contributed by atoms with Gasteiger partial charge < -0.3 is 15.4 Å². The van der Waals surface area contributed by atoms with Crippen molar-refractivity contribution in [3.63, 3.8) is 0 Å². The summed E-state index contributed by atoms with van der Waals surface area (Å²) in [4.78, 5) is 15.1. The van der Waals surface area contributed by atoms with Crippen LogP contribution >= 0.6 is 0 Å². The first-order chi connectivity index (χ1) is 8.75. The highest BCUT2D eigenvalue weighted by atomic mass is 16.5. The fourth-order valence-corrected chi connectivity index (χ4v) is 2.14. The maximum Gasteiger partial charge on any atom is 0.404 e. The standard InChI is InChI=1S/C13H19N3O2/c14-13(17)18-11-10-15-6-8-16(9-7-15)12-4-2-1-3-5-12/h1-5H,6-11H2,(H2,14,17). The fraction of sp³-hybridized carbons (Fsp3) is 0.462. The monoisotopic (exact) mass is 249 g/mol. The third-order valence-electron chi connectivity index (χ3n) is 3.15. The number of nitrogens with zero attached hydrogens (tertiary/aromatic N) is 2. The molecule has 5 heteroatoms. The van der Waals surface area contributed by atoms with Crippen molar-refractivity contribution >= 4 is 11.8 Å². The van der Waals surface area contributed by atoms with Crippen LogP contribution in [0.4, 0.5) is 10.5 Å². The van der Waals surface area contributed by atoms with Crippen LogP contribution in [-0.4, -0.2) is 50.3 Å². The van der Waals surface area contributed by atoms with Crippen molar-refractivity contribution in [2.24, 2.45) is 5.73 Å². The Balaban J connectivity index is 1.73. The van der Waals surface area contributed by atoms with E-state index in [-0.39, 0.29) is 0 Å². The van der Waals surface area contributed by atoms with Gasteiger partial charge in [-0.3, -0.25) is 4.90 Å². The number of nitrogens with two attached hydrogens (primary N) is 1. The SMILES string of the molecule is NC(=O)OCCN1CCN(c2ccccc2)CC1. The lowest BCUT2D eigenvalue weighted by molar-refractivity contribution is 0.133. The molecule has 1 fully saturated rings. The third kappa shape index (κ3) is 3.63. The Hall–Kier alpha value is -1.75. The number of para-hydroxylation sites is 1. The molecule has 0 aromatic heterocycles. The second-order valence-electron chi connectivity index (χ2n) is 4.33. The number of hydrogen-bond donors (Lipinski definition) is 1. The predicted octanol–water partition coefficient (Wildman–Crippen LogP) is 0.904. The second-order valence-corrected chi connectivity index (χ2v) is 4.33. The summed E-state index contributed by atoms with van der Waals surface area (Å²) in [7, 11) is 0. The highest BCUT2D eigenvalue weighted by Crippen LogP contribution is 2.15. The summed E-state index contributed by atoms with van der Waals surface area (Å²) in [6, 6.07) is 10.4. The van der Waals surface area contributed by atoms with Gasteiger partial charge in [0.15, 0.2) is 0 Å². The first-order valence-corrected chi connectivity index (χ1v) is 6.20. The maximum absolute atomic E-state index is 10.5. The number of anilines is 1. The molecule has 0 aliphatic carbocycles.